The van der Waals surface area contributed by atoms with Crippen molar-refractivity contribution in [3.8, 4) is 17.4 Å². The summed E-state index contributed by atoms with van der Waals surface area (Å²) in [5, 5.41) is 0. The fraction of sp³-hybridized carbons (Fsp3) is 0.111. The Morgan fingerprint density at radius 2 is 1.91 bits per heavy atom. The first kappa shape index (κ1) is 13.6. The lowest BCUT2D eigenvalue weighted by Gasteiger charge is -2.26. The van der Waals surface area contributed by atoms with Crippen molar-refractivity contribution in [2.45, 2.75) is 5.92 Å². The molecule has 5 heteroatoms. The van der Waals surface area contributed by atoms with E-state index in [1.807, 2.05) is 48.5 Å². The summed E-state index contributed by atoms with van der Waals surface area (Å²) in [5.74, 6) is 1.62. The molecule has 23 heavy (non-hydrogen) atoms. The van der Waals surface area contributed by atoms with E-state index in [4.69, 9.17) is 9.47 Å². The Bertz CT molecular complexity index is 916. The number of ether oxygens (including phenoxy) is 2. The lowest BCUT2D eigenvalue weighted by molar-refractivity contribution is 0.414. The fourth-order valence-corrected chi connectivity index (χ4v) is 2.94. The molecule has 5 nitrogen and oxygen atoms in total. The highest BCUT2D eigenvalue weighted by atomic mass is 16.5. The number of nitrogens with one attached hydrogen (secondary N) is 1. The lowest BCUT2D eigenvalue weighted by atomic mass is 9.84. The molecule has 2 aromatic carbocycles. The molecule has 0 saturated heterocycles. The normalized spacial score (nSPS) is 15.3. The Labute approximate surface area is 132 Å². The van der Waals surface area contributed by atoms with Gasteiger partial charge < -0.3 is 14.5 Å². The van der Waals surface area contributed by atoms with Crippen LogP contribution in [-0.2, 0) is 0 Å². The van der Waals surface area contributed by atoms with Crippen LogP contribution in [-0.4, -0.2) is 17.1 Å². The molecule has 4 rings (SSSR count). The highest BCUT2D eigenvalue weighted by Gasteiger charge is 2.31. The van der Waals surface area contributed by atoms with Gasteiger partial charge in [0.2, 0.25) is 5.88 Å². The maximum absolute atomic E-state index is 12.4. The number of para-hydroxylation sites is 1. The van der Waals surface area contributed by atoms with E-state index >= 15 is 0 Å². The minimum Gasteiger partial charge on any atom is -0.497 e. The van der Waals surface area contributed by atoms with Crippen molar-refractivity contribution in [3.05, 3.63) is 81.9 Å². The highest BCUT2D eigenvalue weighted by Crippen LogP contribution is 2.44. The summed E-state index contributed by atoms with van der Waals surface area (Å²) in [6, 6.07) is 15.4. The second-order valence-corrected chi connectivity index (χ2v) is 5.30. The van der Waals surface area contributed by atoms with E-state index in [1.54, 1.807) is 7.11 Å². The van der Waals surface area contributed by atoms with Crippen molar-refractivity contribution >= 4 is 0 Å². The quantitative estimate of drug-likeness (QED) is 0.618. The Kier molecular flexibility index (Phi) is 3.12. The topological polar surface area (TPSA) is 64.2 Å². The smallest absolute Gasteiger partial charge is 0.258 e. The van der Waals surface area contributed by atoms with Gasteiger partial charge in [0, 0.05) is 11.5 Å². The summed E-state index contributed by atoms with van der Waals surface area (Å²) in [6.45, 7) is 0. The average molecular weight is 306 g/mol. The minimum atomic E-state index is -0.224. The molecule has 0 radical (unpaired) electrons. The maximum Gasteiger partial charge on any atom is 0.258 e. The number of methoxy groups -OCH3 is 1. The van der Waals surface area contributed by atoms with Gasteiger partial charge in [-0.1, -0.05) is 30.3 Å². The molecule has 2 heterocycles. The molecule has 1 aliphatic heterocycles. The molecule has 0 amide bonds. The number of aromatic amines is 1. The average Bonchev–Trinajstić information content (AvgIpc) is 2.60. The highest BCUT2D eigenvalue weighted by molar-refractivity contribution is 5.55. The molecule has 0 bridgehead atoms. The molecule has 1 aliphatic rings. The molecule has 0 saturated carbocycles. The molecule has 1 aromatic heterocycles. The van der Waals surface area contributed by atoms with Gasteiger partial charge in [-0.2, -0.15) is 0 Å². The zero-order chi connectivity index (χ0) is 15.8. The van der Waals surface area contributed by atoms with Crippen LogP contribution < -0.4 is 15.0 Å². The second kappa shape index (κ2) is 5.28. The summed E-state index contributed by atoms with van der Waals surface area (Å²) in [7, 11) is 1.63. The first-order valence-electron chi connectivity index (χ1n) is 7.26. The SMILES string of the molecule is COc1ccc(C2c3ccccc3Oc3nc[nH]c(=O)c32)cc1. The molecule has 1 atom stereocenters. The van der Waals surface area contributed by atoms with E-state index < -0.39 is 0 Å². The molecule has 3 aromatic rings. The van der Waals surface area contributed by atoms with Gasteiger partial charge in [-0.05, 0) is 23.8 Å². The third-order valence-corrected chi connectivity index (χ3v) is 4.03. The van der Waals surface area contributed by atoms with Gasteiger partial charge in [0.15, 0.2) is 0 Å². The number of hydrogen-bond acceptors (Lipinski definition) is 4. The largest absolute Gasteiger partial charge is 0.497 e. The molecular formula is C18H14N2O3. The number of H-pyrrole nitrogens is 1. The number of rotatable bonds is 2. The van der Waals surface area contributed by atoms with Crippen LogP contribution in [0, 0.1) is 0 Å². The van der Waals surface area contributed by atoms with Crippen LogP contribution in [0.2, 0.25) is 0 Å². The fourth-order valence-electron chi connectivity index (χ4n) is 2.94. The van der Waals surface area contributed by atoms with Crippen molar-refractivity contribution in [1.29, 1.82) is 0 Å². The standard InChI is InChI=1S/C18H14N2O3/c1-22-12-8-6-11(7-9-12)15-13-4-2-3-5-14(13)23-18-16(15)17(21)19-10-20-18/h2-10,15H,1H3,(H,19,20,21). The lowest BCUT2D eigenvalue weighted by Crippen LogP contribution is -2.23. The zero-order valence-corrected chi connectivity index (χ0v) is 12.4. The molecule has 1 unspecified atom stereocenters. The molecule has 0 aliphatic carbocycles. The van der Waals surface area contributed by atoms with Gasteiger partial charge in [0.1, 0.15) is 11.5 Å². The van der Waals surface area contributed by atoms with Gasteiger partial charge in [0.25, 0.3) is 5.56 Å². The minimum absolute atomic E-state index is 0.190. The molecule has 1 N–H and O–H groups in total. The Hall–Kier alpha value is -3.08. The Morgan fingerprint density at radius 1 is 1.13 bits per heavy atom. The van der Waals surface area contributed by atoms with Crippen LogP contribution >= 0.6 is 0 Å². The van der Waals surface area contributed by atoms with Crippen molar-refractivity contribution in [2.75, 3.05) is 7.11 Å². The summed E-state index contributed by atoms with van der Waals surface area (Å²) < 4.78 is 11.0. The van der Waals surface area contributed by atoms with Crippen LogP contribution in [0.25, 0.3) is 0 Å². The third-order valence-electron chi connectivity index (χ3n) is 4.03. The van der Waals surface area contributed by atoms with Crippen LogP contribution in [0.1, 0.15) is 22.6 Å². The predicted octanol–water partition coefficient (Wildman–Crippen LogP) is 3.06. The van der Waals surface area contributed by atoms with Crippen molar-refractivity contribution in [1.82, 2.24) is 9.97 Å². The van der Waals surface area contributed by atoms with Gasteiger partial charge in [-0.25, -0.2) is 4.98 Å². The van der Waals surface area contributed by atoms with E-state index in [1.165, 1.54) is 6.33 Å². The van der Waals surface area contributed by atoms with E-state index in [-0.39, 0.29) is 11.5 Å². The molecular weight excluding hydrogens is 292 g/mol. The first-order valence-corrected chi connectivity index (χ1v) is 7.26. The maximum atomic E-state index is 12.4. The van der Waals surface area contributed by atoms with Gasteiger partial charge in [-0.15, -0.1) is 0 Å². The summed E-state index contributed by atoms with van der Waals surface area (Å²) >= 11 is 0. The monoisotopic (exact) mass is 306 g/mol. The Morgan fingerprint density at radius 3 is 2.70 bits per heavy atom. The predicted molar refractivity (Wildman–Crippen MR) is 85.3 cm³/mol. The van der Waals surface area contributed by atoms with Gasteiger partial charge in [-0.3, -0.25) is 4.79 Å². The summed E-state index contributed by atoms with van der Waals surface area (Å²) in [5.41, 5.74) is 2.27. The number of fused-ring (bicyclic) bond motifs is 2. The van der Waals surface area contributed by atoms with Crippen molar-refractivity contribution < 1.29 is 9.47 Å². The molecule has 0 spiro atoms. The number of hydrogen-bond donors (Lipinski definition) is 1. The van der Waals surface area contributed by atoms with Crippen molar-refractivity contribution in [2.24, 2.45) is 0 Å². The van der Waals surface area contributed by atoms with Crippen LogP contribution in [0.15, 0.2) is 59.7 Å². The Balaban J connectivity index is 1.96. The van der Waals surface area contributed by atoms with E-state index in [0.717, 1.165) is 22.6 Å². The van der Waals surface area contributed by atoms with Gasteiger partial charge >= 0.3 is 0 Å². The van der Waals surface area contributed by atoms with E-state index in [9.17, 15) is 4.79 Å². The third kappa shape index (κ3) is 2.17. The van der Waals surface area contributed by atoms with Crippen molar-refractivity contribution in [3.63, 3.8) is 0 Å². The molecule has 114 valence electrons. The second-order valence-electron chi connectivity index (χ2n) is 5.30. The number of benzene rings is 2. The number of aromatic nitrogens is 2. The van der Waals surface area contributed by atoms with Crippen LogP contribution in [0.5, 0.6) is 17.4 Å². The first-order chi connectivity index (χ1) is 11.3. The van der Waals surface area contributed by atoms with E-state index in [2.05, 4.69) is 9.97 Å². The van der Waals surface area contributed by atoms with Crippen LogP contribution in [0.4, 0.5) is 0 Å². The van der Waals surface area contributed by atoms with E-state index in [0.29, 0.717) is 11.4 Å². The van der Waals surface area contributed by atoms with Gasteiger partial charge in [0.05, 0.1) is 19.0 Å². The van der Waals surface area contributed by atoms with Crippen LogP contribution in [0.3, 0.4) is 0 Å². The zero-order valence-electron chi connectivity index (χ0n) is 12.4. The number of nitrogens with zero attached hydrogens (tertiary/aromatic N) is 1. The molecule has 0 fully saturated rings. The summed E-state index contributed by atoms with van der Waals surface area (Å²) in [6.07, 6.45) is 1.36. The summed E-state index contributed by atoms with van der Waals surface area (Å²) in [4.78, 5) is 19.2.